The smallest absolute Gasteiger partial charge is 0.240 e. The summed E-state index contributed by atoms with van der Waals surface area (Å²) in [6.07, 6.45) is 0.405. The van der Waals surface area contributed by atoms with Crippen LogP contribution >= 0.6 is 0 Å². The van der Waals surface area contributed by atoms with E-state index in [1.807, 2.05) is 31.2 Å². The highest BCUT2D eigenvalue weighted by atomic mass is 19.1. The van der Waals surface area contributed by atoms with Gasteiger partial charge in [-0.3, -0.25) is 9.59 Å². The normalized spacial score (nSPS) is 11.7. The molecular formula is C18H19FN2O2. The minimum absolute atomic E-state index is 0.0674. The van der Waals surface area contributed by atoms with Crippen molar-refractivity contribution in [2.24, 2.45) is 5.73 Å². The topological polar surface area (TPSA) is 72.2 Å². The van der Waals surface area contributed by atoms with E-state index in [0.29, 0.717) is 12.0 Å². The number of amides is 2. The second-order valence-electron chi connectivity index (χ2n) is 5.52. The van der Waals surface area contributed by atoms with Crippen LogP contribution in [0.25, 0.3) is 0 Å². The van der Waals surface area contributed by atoms with Crippen molar-refractivity contribution in [3.8, 4) is 0 Å². The highest BCUT2D eigenvalue weighted by Crippen LogP contribution is 2.07. The highest BCUT2D eigenvalue weighted by Gasteiger charge is 2.18. The second-order valence-corrected chi connectivity index (χ2v) is 5.52. The maximum absolute atomic E-state index is 12.8. The number of halogens is 1. The fourth-order valence-corrected chi connectivity index (χ4v) is 2.22. The van der Waals surface area contributed by atoms with Crippen LogP contribution in [0.1, 0.15) is 16.7 Å². The molecule has 0 fully saturated rings. The van der Waals surface area contributed by atoms with Gasteiger partial charge >= 0.3 is 0 Å². The van der Waals surface area contributed by atoms with Crippen LogP contribution in [-0.2, 0) is 22.4 Å². The Kier molecular flexibility index (Phi) is 5.46. The summed E-state index contributed by atoms with van der Waals surface area (Å²) in [5, 5.41) is 2.64. The van der Waals surface area contributed by atoms with E-state index in [9.17, 15) is 14.0 Å². The fourth-order valence-electron chi connectivity index (χ4n) is 2.22. The lowest BCUT2D eigenvalue weighted by Gasteiger charge is -2.16. The van der Waals surface area contributed by atoms with Gasteiger partial charge in [0.1, 0.15) is 11.9 Å². The first kappa shape index (κ1) is 16.7. The van der Waals surface area contributed by atoms with Crippen molar-refractivity contribution in [2.45, 2.75) is 25.8 Å². The molecule has 0 unspecified atom stereocenters. The van der Waals surface area contributed by atoms with Crippen LogP contribution in [0.15, 0.2) is 48.5 Å². The van der Waals surface area contributed by atoms with E-state index < -0.39 is 11.9 Å². The molecule has 1 atom stereocenters. The van der Waals surface area contributed by atoms with E-state index in [-0.39, 0.29) is 18.1 Å². The molecule has 0 radical (unpaired) electrons. The summed E-state index contributed by atoms with van der Waals surface area (Å²) < 4.78 is 12.8. The van der Waals surface area contributed by atoms with Crippen LogP contribution in [0.4, 0.5) is 4.39 Å². The van der Waals surface area contributed by atoms with E-state index in [4.69, 9.17) is 5.73 Å². The molecule has 0 saturated carbocycles. The lowest BCUT2D eigenvalue weighted by atomic mass is 10.0. The monoisotopic (exact) mass is 314 g/mol. The van der Waals surface area contributed by atoms with Gasteiger partial charge in [-0.25, -0.2) is 4.39 Å². The number of carbonyl (C=O) groups is 2. The van der Waals surface area contributed by atoms with Gasteiger partial charge in [-0.2, -0.15) is 0 Å². The number of hydrogen-bond acceptors (Lipinski definition) is 2. The van der Waals surface area contributed by atoms with Gasteiger partial charge < -0.3 is 11.1 Å². The van der Waals surface area contributed by atoms with Gasteiger partial charge in [0.25, 0.3) is 0 Å². The van der Waals surface area contributed by atoms with Crippen molar-refractivity contribution in [1.82, 2.24) is 5.32 Å². The average Bonchev–Trinajstić information content (AvgIpc) is 2.51. The Balaban J connectivity index is 1.98. The molecule has 0 aliphatic carbocycles. The van der Waals surface area contributed by atoms with Crippen LogP contribution in [0.2, 0.25) is 0 Å². The van der Waals surface area contributed by atoms with Crippen molar-refractivity contribution in [3.63, 3.8) is 0 Å². The Labute approximate surface area is 134 Å². The molecule has 120 valence electrons. The molecule has 0 aromatic heterocycles. The summed E-state index contributed by atoms with van der Waals surface area (Å²) in [6.45, 7) is 1.97. The van der Waals surface area contributed by atoms with Crippen LogP contribution in [0.5, 0.6) is 0 Å². The van der Waals surface area contributed by atoms with Gasteiger partial charge in [-0.1, -0.05) is 42.0 Å². The summed E-state index contributed by atoms with van der Waals surface area (Å²) in [4.78, 5) is 23.6. The van der Waals surface area contributed by atoms with Gasteiger partial charge in [0.05, 0.1) is 6.42 Å². The molecule has 0 saturated heterocycles. The zero-order chi connectivity index (χ0) is 16.8. The average molecular weight is 314 g/mol. The second kappa shape index (κ2) is 7.54. The summed E-state index contributed by atoms with van der Waals surface area (Å²) in [5.74, 6) is -1.27. The molecule has 0 aliphatic heterocycles. The number of rotatable bonds is 6. The molecule has 4 nitrogen and oxygen atoms in total. The first-order valence-electron chi connectivity index (χ1n) is 7.32. The zero-order valence-electron chi connectivity index (χ0n) is 12.9. The molecule has 5 heteroatoms. The summed E-state index contributed by atoms with van der Waals surface area (Å²) in [5.41, 5.74) is 8.08. The molecule has 0 bridgehead atoms. The molecule has 2 aromatic carbocycles. The predicted molar refractivity (Wildman–Crippen MR) is 86.1 cm³/mol. The Hall–Kier alpha value is -2.69. The van der Waals surface area contributed by atoms with Gasteiger partial charge in [-0.05, 0) is 30.2 Å². The molecule has 2 amide bonds. The van der Waals surface area contributed by atoms with Gasteiger partial charge in [0, 0.05) is 6.42 Å². The molecular weight excluding hydrogens is 295 g/mol. The van der Waals surface area contributed by atoms with E-state index in [1.165, 1.54) is 24.3 Å². The van der Waals surface area contributed by atoms with Crippen molar-refractivity contribution in [3.05, 3.63) is 71.0 Å². The first-order valence-corrected chi connectivity index (χ1v) is 7.32. The maximum atomic E-state index is 12.8. The highest BCUT2D eigenvalue weighted by molar-refractivity contribution is 5.87. The number of benzene rings is 2. The fraction of sp³-hybridized carbons (Fsp3) is 0.222. The van der Waals surface area contributed by atoms with Gasteiger partial charge in [-0.15, -0.1) is 0 Å². The zero-order valence-corrected chi connectivity index (χ0v) is 12.9. The Bertz CT molecular complexity index is 681. The molecule has 3 N–H and O–H groups in total. The number of nitrogens with one attached hydrogen (secondary N) is 1. The third kappa shape index (κ3) is 5.21. The Morgan fingerprint density at radius 1 is 1.04 bits per heavy atom. The Morgan fingerprint density at radius 2 is 1.61 bits per heavy atom. The van der Waals surface area contributed by atoms with E-state index in [0.717, 1.165) is 11.1 Å². The summed E-state index contributed by atoms with van der Waals surface area (Å²) in [6, 6.07) is 12.6. The number of nitrogens with two attached hydrogens (primary N) is 1. The maximum Gasteiger partial charge on any atom is 0.240 e. The lowest BCUT2D eigenvalue weighted by Crippen LogP contribution is -2.46. The van der Waals surface area contributed by atoms with E-state index in [2.05, 4.69) is 5.32 Å². The molecule has 2 aromatic rings. The van der Waals surface area contributed by atoms with Gasteiger partial charge in [0.2, 0.25) is 11.8 Å². The van der Waals surface area contributed by atoms with Gasteiger partial charge in [0.15, 0.2) is 0 Å². The summed E-state index contributed by atoms with van der Waals surface area (Å²) in [7, 11) is 0. The molecule has 0 spiro atoms. The van der Waals surface area contributed by atoms with E-state index in [1.54, 1.807) is 0 Å². The van der Waals surface area contributed by atoms with Crippen molar-refractivity contribution < 1.29 is 14.0 Å². The molecule has 2 rings (SSSR count). The van der Waals surface area contributed by atoms with Crippen molar-refractivity contribution in [2.75, 3.05) is 0 Å². The SMILES string of the molecule is Cc1ccc(C[C@@H](NC(=O)Cc2ccc(F)cc2)C(N)=O)cc1. The van der Waals surface area contributed by atoms with Crippen LogP contribution in [0.3, 0.4) is 0 Å². The predicted octanol–water partition coefficient (Wildman–Crippen LogP) is 1.89. The third-order valence-electron chi connectivity index (χ3n) is 3.52. The van der Waals surface area contributed by atoms with Crippen LogP contribution < -0.4 is 11.1 Å². The van der Waals surface area contributed by atoms with Crippen molar-refractivity contribution in [1.29, 1.82) is 0 Å². The van der Waals surface area contributed by atoms with Crippen LogP contribution in [0, 0.1) is 12.7 Å². The minimum atomic E-state index is -0.773. The molecule has 0 heterocycles. The lowest BCUT2D eigenvalue weighted by molar-refractivity contribution is -0.127. The largest absolute Gasteiger partial charge is 0.368 e. The standard InChI is InChI=1S/C18H19FN2O2/c1-12-2-4-13(5-3-12)10-16(18(20)23)21-17(22)11-14-6-8-15(19)9-7-14/h2-9,16H,10-11H2,1H3,(H2,20,23)(H,21,22)/t16-/m1/s1. The number of aryl methyl sites for hydroxylation is 1. The third-order valence-corrected chi connectivity index (χ3v) is 3.52. The minimum Gasteiger partial charge on any atom is -0.368 e. The Morgan fingerprint density at radius 3 is 2.17 bits per heavy atom. The summed E-state index contributed by atoms with van der Waals surface area (Å²) >= 11 is 0. The number of primary amides is 1. The van der Waals surface area contributed by atoms with E-state index >= 15 is 0 Å². The molecule has 23 heavy (non-hydrogen) atoms. The van der Waals surface area contributed by atoms with Crippen molar-refractivity contribution >= 4 is 11.8 Å². The quantitative estimate of drug-likeness (QED) is 0.854. The number of carbonyl (C=O) groups excluding carboxylic acids is 2. The van der Waals surface area contributed by atoms with Crippen LogP contribution in [-0.4, -0.2) is 17.9 Å². The number of hydrogen-bond donors (Lipinski definition) is 2. The first-order chi connectivity index (χ1) is 10.9. The molecule has 0 aliphatic rings.